The van der Waals surface area contributed by atoms with Crippen LogP contribution in [0.3, 0.4) is 0 Å². The van der Waals surface area contributed by atoms with Crippen molar-refractivity contribution in [3.63, 3.8) is 0 Å². The van der Waals surface area contributed by atoms with Gasteiger partial charge in [0.1, 0.15) is 0 Å². The van der Waals surface area contributed by atoms with Crippen LogP contribution in [0.5, 0.6) is 0 Å². The Kier molecular flexibility index (Phi) is 8.02. The number of para-hydroxylation sites is 2. The maximum absolute atomic E-state index is 2.51. The van der Waals surface area contributed by atoms with E-state index in [9.17, 15) is 0 Å². The van der Waals surface area contributed by atoms with Crippen LogP contribution in [0.2, 0.25) is 0 Å². The lowest BCUT2D eigenvalue weighted by Gasteiger charge is -2.46. The standard InChI is InChI=1S/C67H42N2/c1-3-18-44(19-4-1)49-37-38-55-50-23-9-12-28-58(50)67(60-30-15-26-54(49)65(55)60)59-29-13-10-24-51(59)56-39-40-63(57-27-16-31-61(67)66(56)57)68(47-34-33-43-17-7-8-20-45(43)41-47)48-35-36-53-52-25-11-14-32-62(52)69(64(53)42-48)46-21-5-2-6-22-46/h1-42H. The molecule has 1 aromatic heterocycles. The molecule has 320 valence electrons. The lowest BCUT2D eigenvalue weighted by Crippen LogP contribution is -2.36. The van der Waals surface area contributed by atoms with Gasteiger partial charge >= 0.3 is 0 Å². The predicted molar refractivity (Wildman–Crippen MR) is 290 cm³/mol. The Balaban J connectivity index is 1.05. The quantitative estimate of drug-likeness (QED) is 0.167. The molecule has 0 saturated heterocycles. The summed E-state index contributed by atoms with van der Waals surface area (Å²) >= 11 is 0. The number of benzene rings is 12. The summed E-state index contributed by atoms with van der Waals surface area (Å²) < 4.78 is 2.42. The zero-order valence-corrected chi connectivity index (χ0v) is 37.6. The summed E-state index contributed by atoms with van der Waals surface area (Å²) in [7, 11) is 0. The molecule has 1 atom stereocenters. The van der Waals surface area contributed by atoms with Gasteiger partial charge in [0, 0.05) is 33.2 Å². The van der Waals surface area contributed by atoms with E-state index in [0.29, 0.717) is 0 Å². The third-order valence-electron chi connectivity index (χ3n) is 15.4. The third kappa shape index (κ3) is 5.26. The highest BCUT2D eigenvalue weighted by Gasteiger charge is 2.48. The highest BCUT2D eigenvalue weighted by Crippen LogP contribution is 2.62. The second-order valence-corrected chi connectivity index (χ2v) is 18.7. The molecule has 1 spiro atoms. The molecule has 0 fully saturated rings. The minimum Gasteiger partial charge on any atom is -0.310 e. The van der Waals surface area contributed by atoms with Crippen molar-refractivity contribution in [2.24, 2.45) is 0 Å². The van der Waals surface area contributed by atoms with E-state index < -0.39 is 5.41 Å². The van der Waals surface area contributed by atoms with Gasteiger partial charge in [0.2, 0.25) is 0 Å². The lowest BCUT2D eigenvalue weighted by atomic mass is 9.55. The molecule has 13 aromatic rings. The topological polar surface area (TPSA) is 8.17 Å². The minimum absolute atomic E-state index is 0.608. The molecule has 69 heavy (non-hydrogen) atoms. The van der Waals surface area contributed by atoms with Gasteiger partial charge in [-0.2, -0.15) is 0 Å². The fourth-order valence-corrected chi connectivity index (χ4v) is 12.6. The van der Waals surface area contributed by atoms with Gasteiger partial charge in [-0.3, -0.25) is 0 Å². The van der Waals surface area contributed by atoms with E-state index in [2.05, 4.69) is 264 Å². The molecule has 0 bridgehead atoms. The van der Waals surface area contributed by atoms with Crippen molar-refractivity contribution in [2.75, 3.05) is 4.90 Å². The second kappa shape index (κ2) is 14.5. The Morgan fingerprint density at radius 1 is 0.304 bits per heavy atom. The monoisotopic (exact) mass is 874 g/mol. The third-order valence-corrected chi connectivity index (χ3v) is 15.4. The summed E-state index contributed by atoms with van der Waals surface area (Å²) in [6, 6.07) is 95.2. The van der Waals surface area contributed by atoms with Crippen LogP contribution in [0, 0.1) is 0 Å². The van der Waals surface area contributed by atoms with Crippen LogP contribution in [0.1, 0.15) is 22.3 Å². The fraction of sp³-hybridized carbons (Fsp3) is 0.0149. The first-order valence-corrected chi connectivity index (χ1v) is 24.0. The normalized spacial score (nSPS) is 14.4. The SMILES string of the molecule is c1ccc(-c2ccc3c4c(cccc24)C2(c4ccccc4-3)c3ccccc3-c3ccc(N(c4ccc5ccccc5c4)c4ccc5c6ccccc6n(-c6ccccc6)c5c4)c4cccc2c34)cc1. The molecule has 1 unspecified atom stereocenters. The number of anilines is 3. The molecule has 2 aliphatic rings. The molecule has 0 saturated carbocycles. The van der Waals surface area contributed by atoms with Crippen molar-refractivity contribution in [3.05, 3.63) is 277 Å². The molecule has 1 heterocycles. The zero-order valence-electron chi connectivity index (χ0n) is 37.6. The number of hydrogen-bond donors (Lipinski definition) is 0. The van der Waals surface area contributed by atoms with Crippen molar-refractivity contribution < 1.29 is 0 Å². The molecule has 2 aliphatic carbocycles. The molecular formula is C67H42N2. The van der Waals surface area contributed by atoms with Gasteiger partial charge in [0.25, 0.3) is 0 Å². The number of nitrogens with zero attached hydrogens (tertiary/aromatic N) is 2. The summed E-state index contributed by atoms with van der Waals surface area (Å²) in [4.78, 5) is 2.51. The van der Waals surface area contributed by atoms with E-state index in [1.807, 2.05) is 0 Å². The average Bonchev–Trinajstić information content (AvgIpc) is 3.75. The van der Waals surface area contributed by atoms with Crippen LogP contribution in [0.15, 0.2) is 255 Å². The Morgan fingerprint density at radius 3 is 1.61 bits per heavy atom. The molecule has 2 nitrogen and oxygen atoms in total. The van der Waals surface area contributed by atoms with Crippen molar-refractivity contribution in [3.8, 4) is 39.1 Å². The Hall–Kier alpha value is -8.98. The Labute approximate surface area is 400 Å². The smallest absolute Gasteiger partial charge is 0.0725 e. The fourth-order valence-electron chi connectivity index (χ4n) is 12.6. The molecule has 12 aromatic carbocycles. The van der Waals surface area contributed by atoms with E-state index in [0.717, 1.165) is 22.7 Å². The van der Waals surface area contributed by atoms with E-state index >= 15 is 0 Å². The first-order valence-electron chi connectivity index (χ1n) is 24.0. The van der Waals surface area contributed by atoms with Gasteiger partial charge in [0.15, 0.2) is 0 Å². The molecule has 0 aliphatic heterocycles. The summed E-state index contributed by atoms with van der Waals surface area (Å²) in [6.07, 6.45) is 0. The number of hydrogen-bond acceptors (Lipinski definition) is 1. The van der Waals surface area contributed by atoms with Crippen LogP contribution >= 0.6 is 0 Å². The highest BCUT2D eigenvalue weighted by atomic mass is 15.1. The van der Waals surface area contributed by atoms with Gasteiger partial charge < -0.3 is 9.47 Å². The van der Waals surface area contributed by atoms with Crippen molar-refractivity contribution in [2.45, 2.75) is 5.41 Å². The number of rotatable bonds is 5. The lowest BCUT2D eigenvalue weighted by molar-refractivity contribution is 0.754. The minimum atomic E-state index is -0.608. The van der Waals surface area contributed by atoms with E-state index in [1.54, 1.807) is 0 Å². The Bertz CT molecular complexity index is 4260. The summed E-state index contributed by atoms with van der Waals surface area (Å²) in [5.74, 6) is 0. The summed E-state index contributed by atoms with van der Waals surface area (Å²) in [6.45, 7) is 0. The first kappa shape index (κ1) is 38.2. The maximum atomic E-state index is 2.51. The second-order valence-electron chi connectivity index (χ2n) is 18.7. The van der Waals surface area contributed by atoms with Gasteiger partial charge in [0.05, 0.1) is 22.1 Å². The van der Waals surface area contributed by atoms with Crippen LogP contribution in [-0.2, 0) is 5.41 Å². The van der Waals surface area contributed by atoms with Crippen LogP contribution in [0.4, 0.5) is 17.1 Å². The van der Waals surface area contributed by atoms with Crippen molar-refractivity contribution in [1.82, 2.24) is 4.57 Å². The van der Waals surface area contributed by atoms with E-state index in [1.165, 1.54) is 110 Å². The van der Waals surface area contributed by atoms with Gasteiger partial charge in [-0.15, -0.1) is 0 Å². The summed E-state index contributed by atoms with van der Waals surface area (Å²) in [5.41, 5.74) is 19.1. The molecule has 0 amide bonds. The number of fused-ring (bicyclic) bond motifs is 12. The molecular weight excluding hydrogens is 833 g/mol. The van der Waals surface area contributed by atoms with Crippen molar-refractivity contribution >= 4 is 71.2 Å². The van der Waals surface area contributed by atoms with Crippen LogP contribution in [-0.4, -0.2) is 4.57 Å². The Morgan fingerprint density at radius 2 is 0.841 bits per heavy atom. The van der Waals surface area contributed by atoms with Crippen LogP contribution in [0.25, 0.3) is 93.2 Å². The molecule has 0 radical (unpaired) electrons. The van der Waals surface area contributed by atoms with E-state index in [4.69, 9.17) is 0 Å². The molecule has 15 rings (SSSR count). The first-order chi connectivity index (χ1) is 34.3. The average molecular weight is 875 g/mol. The summed E-state index contributed by atoms with van der Waals surface area (Å²) in [5, 5.41) is 9.99. The van der Waals surface area contributed by atoms with Gasteiger partial charge in [-0.1, -0.05) is 206 Å². The number of aromatic nitrogens is 1. The predicted octanol–water partition coefficient (Wildman–Crippen LogP) is 17.7. The maximum Gasteiger partial charge on any atom is 0.0725 e. The van der Waals surface area contributed by atoms with Gasteiger partial charge in [-0.25, -0.2) is 0 Å². The zero-order chi connectivity index (χ0) is 45.2. The van der Waals surface area contributed by atoms with Crippen LogP contribution < -0.4 is 4.90 Å². The highest BCUT2D eigenvalue weighted by molar-refractivity contribution is 6.17. The van der Waals surface area contributed by atoms with Gasteiger partial charge in [-0.05, 0) is 131 Å². The molecule has 0 N–H and O–H groups in total. The molecule has 2 heteroatoms. The largest absolute Gasteiger partial charge is 0.310 e. The van der Waals surface area contributed by atoms with E-state index in [-0.39, 0.29) is 0 Å². The van der Waals surface area contributed by atoms with Crippen molar-refractivity contribution in [1.29, 1.82) is 0 Å².